The maximum Gasteiger partial charge on any atom is 0.123 e. The van der Waals surface area contributed by atoms with Crippen LogP contribution in [0.25, 0.3) is 0 Å². The summed E-state index contributed by atoms with van der Waals surface area (Å²) in [6, 6.07) is 21.6. The lowest BCUT2D eigenvalue weighted by Crippen LogP contribution is -2.27. The van der Waals surface area contributed by atoms with Crippen LogP contribution in [0, 0.1) is 5.82 Å². The minimum atomic E-state index is -0.247. The lowest BCUT2D eigenvalue weighted by molar-refractivity contribution is 0.0757. The Morgan fingerprint density at radius 2 is 1.79 bits per heavy atom. The van der Waals surface area contributed by atoms with Crippen LogP contribution in [-0.2, 0) is 24.2 Å². The van der Waals surface area contributed by atoms with Crippen LogP contribution in [0.2, 0.25) is 0 Å². The Hall–Kier alpha value is -2.89. The molecule has 1 heterocycles. The number of fused-ring (bicyclic) bond motifs is 3. The Kier molecular flexibility index (Phi) is 8.34. The molecular formula is C28H32FNO3. The molecule has 5 heteroatoms. The third kappa shape index (κ3) is 7.04. The van der Waals surface area contributed by atoms with E-state index in [2.05, 4.69) is 48.2 Å². The first kappa shape index (κ1) is 23.3. The molecule has 3 aromatic rings. The standard InChI is InChI=1S/C28H32FNO3/c1-2-13-32-27-9-6-22(7-10-27)20-30-12-14-31-15-16-33-28-11-8-26(29)19-25(28)18-23-4-3-5-24(17-23)21-30/h3-11,17,19H,2,12-16,18,20-21H2,1H3. The van der Waals surface area contributed by atoms with Gasteiger partial charge in [-0.05, 0) is 53.4 Å². The van der Waals surface area contributed by atoms with Crippen LogP contribution in [0.15, 0.2) is 66.7 Å². The molecule has 174 valence electrons. The first-order valence-corrected chi connectivity index (χ1v) is 11.7. The maximum atomic E-state index is 13.9. The van der Waals surface area contributed by atoms with Gasteiger partial charge in [-0.3, -0.25) is 4.90 Å². The zero-order valence-electron chi connectivity index (χ0n) is 19.3. The van der Waals surface area contributed by atoms with Crippen LogP contribution in [0.4, 0.5) is 4.39 Å². The van der Waals surface area contributed by atoms with Gasteiger partial charge < -0.3 is 14.2 Å². The lowest BCUT2D eigenvalue weighted by atomic mass is 10.0. The Morgan fingerprint density at radius 3 is 2.64 bits per heavy atom. The fourth-order valence-corrected chi connectivity index (χ4v) is 4.03. The summed E-state index contributed by atoms with van der Waals surface area (Å²) in [6.07, 6.45) is 1.63. The number of rotatable bonds is 5. The van der Waals surface area contributed by atoms with Gasteiger partial charge in [0.15, 0.2) is 0 Å². The van der Waals surface area contributed by atoms with Crippen molar-refractivity contribution in [2.24, 2.45) is 0 Å². The Labute approximate surface area is 195 Å². The van der Waals surface area contributed by atoms with Gasteiger partial charge in [-0.25, -0.2) is 4.39 Å². The van der Waals surface area contributed by atoms with Crippen molar-refractivity contribution < 1.29 is 18.6 Å². The van der Waals surface area contributed by atoms with Crippen molar-refractivity contribution >= 4 is 0 Å². The minimum Gasteiger partial charge on any atom is -0.494 e. The van der Waals surface area contributed by atoms with Crippen molar-refractivity contribution in [1.82, 2.24) is 4.90 Å². The van der Waals surface area contributed by atoms with Gasteiger partial charge in [0, 0.05) is 31.6 Å². The predicted octanol–water partition coefficient (Wildman–Crippen LogP) is 5.62. The number of hydrogen-bond acceptors (Lipinski definition) is 4. The molecule has 0 aliphatic carbocycles. The van der Waals surface area contributed by atoms with E-state index in [1.165, 1.54) is 17.2 Å². The van der Waals surface area contributed by atoms with Gasteiger partial charge >= 0.3 is 0 Å². The van der Waals surface area contributed by atoms with E-state index in [0.29, 0.717) is 26.2 Å². The quantitative estimate of drug-likeness (QED) is 0.506. The summed E-state index contributed by atoms with van der Waals surface area (Å²) in [6.45, 7) is 6.87. The van der Waals surface area contributed by atoms with Crippen molar-refractivity contribution in [2.75, 3.05) is 33.0 Å². The van der Waals surface area contributed by atoms with Crippen LogP contribution in [0.3, 0.4) is 0 Å². The Morgan fingerprint density at radius 1 is 0.939 bits per heavy atom. The molecule has 4 rings (SSSR count). The van der Waals surface area contributed by atoms with Crippen LogP contribution in [-0.4, -0.2) is 37.9 Å². The molecule has 0 radical (unpaired) electrons. The molecule has 3 aromatic carbocycles. The molecule has 0 saturated carbocycles. The summed E-state index contributed by atoms with van der Waals surface area (Å²) in [5, 5.41) is 0. The van der Waals surface area contributed by atoms with Crippen LogP contribution < -0.4 is 9.47 Å². The molecule has 1 aliphatic heterocycles. The molecule has 1 aliphatic rings. The van der Waals surface area contributed by atoms with Crippen molar-refractivity contribution in [3.63, 3.8) is 0 Å². The second kappa shape index (κ2) is 11.8. The second-order valence-electron chi connectivity index (χ2n) is 8.41. The maximum absolute atomic E-state index is 13.9. The average Bonchev–Trinajstić information content (AvgIpc) is 2.81. The SMILES string of the molecule is CCCOc1ccc(CN2CCOCCOc3ccc(F)cc3Cc3cccc(c3)C2)cc1. The van der Waals surface area contributed by atoms with E-state index in [1.807, 2.05) is 12.1 Å². The van der Waals surface area contributed by atoms with Crippen molar-refractivity contribution in [2.45, 2.75) is 32.9 Å². The average molecular weight is 450 g/mol. The summed E-state index contributed by atoms with van der Waals surface area (Å²) in [4.78, 5) is 2.39. The molecule has 0 unspecified atom stereocenters. The van der Waals surface area contributed by atoms with Crippen LogP contribution in [0.1, 0.15) is 35.6 Å². The highest BCUT2D eigenvalue weighted by Gasteiger charge is 2.12. The predicted molar refractivity (Wildman–Crippen MR) is 128 cm³/mol. The Bertz CT molecular complexity index is 1020. The molecule has 0 N–H and O–H groups in total. The third-order valence-corrected chi connectivity index (χ3v) is 5.65. The fourth-order valence-electron chi connectivity index (χ4n) is 4.03. The molecule has 2 bridgehead atoms. The summed E-state index contributed by atoms with van der Waals surface area (Å²) in [7, 11) is 0. The highest BCUT2D eigenvalue weighted by atomic mass is 19.1. The number of ether oxygens (including phenoxy) is 3. The molecule has 33 heavy (non-hydrogen) atoms. The molecule has 0 amide bonds. The van der Waals surface area contributed by atoms with Gasteiger partial charge in [0.1, 0.15) is 23.9 Å². The topological polar surface area (TPSA) is 30.9 Å². The van der Waals surface area contributed by atoms with Crippen molar-refractivity contribution in [3.8, 4) is 11.5 Å². The van der Waals surface area contributed by atoms with Gasteiger partial charge in [-0.2, -0.15) is 0 Å². The Balaban J connectivity index is 1.51. The van der Waals surface area contributed by atoms with E-state index in [9.17, 15) is 4.39 Å². The largest absolute Gasteiger partial charge is 0.494 e. The number of halogens is 1. The lowest BCUT2D eigenvalue weighted by Gasteiger charge is -2.23. The third-order valence-electron chi connectivity index (χ3n) is 5.65. The molecule has 0 saturated heterocycles. The molecule has 0 spiro atoms. The zero-order chi connectivity index (χ0) is 22.9. The van der Waals surface area contributed by atoms with Gasteiger partial charge in [0.05, 0.1) is 19.8 Å². The molecule has 0 aromatic heterocycles. The minimum absolute atomic E-state index is 0.247. The van der Waals surface area contributed by atoms with Gasteiger partial charge in [-0.1, -0.05) is 43.3 Å². The summed E-state index contributed by atoms with van der Waals surface area (Å²) in [5.41, 5.74) is 4.47. The fraction of sp³-hybridized carbons (Fsp3) is 0.357. The van der Waals surface area contributed by atoms with E-state index >= 15 is 0 Å². The molecule has 0 fully saturated rings. The first-order valence-electron chi connectivity index (χ1n) is 11.7. The van der Waals surface area contributed by atoms with Crippen molar-refractivity contribution in [3.05, 3.63) is 94.8 Å². The van der Waals surface area contributed by atoms with E-state index in [4.69, 9.17) is 14.2 Å². The number of benzene rings is 3. The highest BCUT2D eigenvalue weighted by molar-refractivity contribution is 5.39. The first-order chi connectivity index (χ1) is 16.2. The summed E-state index contributed by atoms with van der Waals surface area (Å²) < 4.78 is 31.4. The van der Waals surface area contributed by atoms with Gasteiger partial charge in [0.25, 0.3) is 0 Å². The van der Waals surface area contributed by atoms with Crippen LogP contribution in [0.5, 0.6) is 11.5 Å². The van der Waals surface area contributed by atoms with E-state index < -0.39 is 0 Å². The van der Waals surface area contributed by atoms with Crippen molar-refractivity contribution in [1.29, 1.82) is 0 Å². The second-order valence-corrected chi connectivity index (χ2v) is 8.41. The van der Waals surface area contributed by atoms with E-state index in [-0.39, 0.29) is 5.82 Å². The zero-order valence-corrected chi connectivity index (χ0v) is 19.3. The number of hydrogen-bond donors (Lipinski definition) is 0. The summed E-state index contributed by atoms with van der Waals surface area (Å²) >= 11 is 0. The number of nitrogens with zero attached hydrogens (tertiary/aromatic N) is 1. The highest BCUT2D eigenvalue weighted by Crippen LogP contribution is 2.24. The molecular weight excluding hydrogens is 417 g/mol. The van der Waals surface area contributed by atoms with Gasteiger partial charge in [-0.15, -0.1) is 0 Å². The van der Waals surface area contributed by atoms with Crippen LogP contribution >= 0.6 is 0 Å². The molecule has 4 nitrogen and oxygen atoms in total. The monoisotopic (exact) mass is 449 g/mol. The van der Waals surface area contributed by atoms with E-state index in [0.717, 1.165) is 55.3 Å². The smallest absolute Gasteiger partial charge is 0.123 e. The van der Waals surface area contributed by atoms with E-state index in [1.54, 1.807) is 12.1 Å². The normalized spacial score (nSPS) is 15.2. The van der Waals surface area contributed by atoms with Gasteiger partial charge in [0.2, 0.25) is 0 Å². The molecule has 0 atom stereocenters. The summed E-state index contributed by atoms with van der Waals surface area (Å²) in [5.74, 6) is 1.38.